The van der Waals surface area contributed by atoms with Gasteiger partial charge in [-0.25, -0.2) is 5.01 Å². The molecule has 0 saturated carbocycles. The number of nitrogens with two attached hydrogens (primary N) is 1. The number of piperidine rings is 1. The predicted molar refractivity (Wildman–Crippen MR) is 176 cm³/mol. The molecule has 8 heteroatoms. The van der Waals surface area contributed by atoms with Gasteiger partial charge >= 0.3 is 0 Å². The van der Waals surface area contributed by atoms with Crippen molar-refractivity contribution in [1.29, 1.82) is 0 Å². The minimum absolute atomic E-state index is 0.0357. The van der Waals surface area contributed by atoms with Crippen LogP contribution in [0, 0.1) is 5.41 Å². The summed E-state index contributed by atoms with van der Waals surface area (Å²) in [5.41, 5.74) is 10.1. The second-order valence-corrected chi connectivity index (χ2v) is 13.0. The minimum atomic E-state index is -0.698. The first-order valence-corrected chi connectivity index (χ1v) is 15.4. The van der Waals surface area contributed by atoms with Crippen LogP contribution >= 0.6 is 0 Å². The van der Waals surface area contributed by atoms with Crippen LogP contribution in [-0.2, 0) is 27.2 Å². The van der Waals surface area contributed by atoms with Crippen molar-refractivity contribution in [2.24, 2.45) is 11.1 Å². The predicted octanol–water partition coefficient (Wildman–Crippen LogP) is 4.34. The normalized spacial score (nSPS) is 15.8. The first-order valence-electron chi connectivity index (χ1n) is 15.4. The Bertz CT molecular complexity index is 1470. The number of amides is 3. The average Bonchev–Trinajstić information content (AvgIpc) is 2.99. The quantitative estimate of drug-likeness (QED) is 0.253. The zero-order chi connectivity index (χ0) is 31.9. The zero-order valence-electron chi connectivity index (χ0n) is 26.8. The molecule has 0 radical (unpaired) electrons. The summed E-state index contributed by atoms with van der Waals surface area (Å²) >= 11 is 0. The monoisotopic (exact) mass is 597 g/mol. The van der Waals surface area contributed by atoms with Gasteiger partial charge < -0.3 is 15.5 Å². The van der Waals surface area contributed by atoms with E-state index < -0.39 is 17.0 Å². The van der Waals surface area contributed by atoms with Crippen LogP contribution in [0.25, 0.3) is 10.8 Å². The average molecular weight is 598 g/mol. The van der Waals surface area contributed by atoms with Gasteiger partial charge in [-0.15, -0.1) is 0 Å². The van der Waals surface area contributed by atoms with E-state index in [-0.39, 0.29) is 17.7 Å². The fourth-order valence-corrected chi connectivity index (χ4v) is 5.87. The Morgan fingerprint density at radius 2 is 1.57 bits per heavy atom. The number of likely N-dealkylation sites (tertiary alicyclic amines) is 1. The zero-order valence-corrected chi connectivity index (χ0v) is 26.8. The molecule has 4 rings (SSSR count). The lowest BCUT2D eigenvalue weighted by Gasteiger charge is -2.43. The first kappa shape index (κ1) is 32.9. The molecule has 3 amide bonds. The van der Waals surface area contributed by atoms with E-state index in [2.05, 4.69) is 29.7 Å². The Morgan fingerprint density at radius 1 is 0.932 bits per heavy atom. The third-order valence-electron chi connectivity index (χ3n) is 8.47. The van der Waals surface area contributed by atoms with Crippen molar-refractivity contribution < 1.29 is 14.4 Å². The van der Waals surface area contributed by atoms with E-state index in [0.29, 0.717) is 45.2 Å². The number of rotatable bonds is 11. The van der Waals surface area contributed by atoms with Crippen LogP contribution in [-0.4, -0.2) is 78.3 Å². The third-order valence-corrected chi connectivity index (χ3v) is 8.47. The lowest BCUT2D eigenvalue weighted by atomic mass is 9.73. The topological polar surface area (TPSA) is 99.0 Å². The molecule has 0 bridgehead atoms. The second kappa shape index (κ2) is 14.2. The SMILES string of the molecule is CN(C)NC(=O)C1(Cc2ccccc2)CCN(C(=O)C(Cc2ccc3ccccc3c2)N(C)C(=O)/C=C/CC(C)(C)N)CC1. The molecular weight excluding hydrogens is 550 g/mol. The van der Waals surface area contributed by atoms with Crippen molar-refractivity contribution in [1.82, 2.24) is 20.2 Å². The summed E-state index contributed by atoms with van der Waals surface area (Å²) in [6, 6.07) is 23.6. The van der Waals surface area contributed by atoms with Gasteiger partial charge in [0.2, 0.25) is 17.7 Å². The van der Waals surface area contributed by atoms with Gasteiger partial charge in [0, 0.05) is 46.2 Å². The number of hydrogen-bond donors (Lipinski definition) is 2. The maximum atomic E-state index is 14.2. The summed E-state index contributed by atoms with van der Waals surface area (Å²) in [6.07, 6.45) is 5.87. The highest BCUT2D eigenvalue weighted by atomic mass is 16.2. The number of hydrogen-bond acceptors (Lipinski definition) is 5. The number of carbonyl (C=O) groups excluding carboxylic acids is 3. The van der Waals surface area contributed by atoms with Gasteiger partial charge in [0.25, 0.3) is 0 Å². The summed E-state index contributed by atoms with van der Waals surface area (Å²) < 4.78 is 0. The summed E-state index contributed by atoms with van der Waals surface area (Å²) in [5.74, 6) is -0.386. The number of nitrogens with zero attached hydrogens (tertiary/aromatic N) is 3. The molecule has 0 spiro atoms. The van der Waals surface area contributed by atoms with E-state index in [9.17, 15) is 14.4 Å². The molecule has 3 aromatic carbocycles. The molecule has 1 fully saturated rings. The summed E-state index contributed by atoms with van der Waals surface area (Å²) in [7, 11) is 5.30. The van der Waals surface area contributed by atoms with E-state index in [0.717, 1.165) is 21.9 Å². The third kappa shape index (κ3) is 8.55. The molecule has 8 nitrogen and oxygen atoms in total. The summed E-state index contributed by atoms with van der Waals surface area (Å²) in [6.45, 7) is 4.68. The maximum absolute atomic E-state index is 14.2. The van der Waals surface area contributed by atoms with Gasteiger partial charge in [-0.3, -0.25) is 19.8 Å². The van der Waals surface area contributed by atoms with Crippen molar-refractivity contribution in [3.63, 3.8) is 0 Å². The Kier molecular flexibility index (Phi) is 10.6. The number of fused-ring (bicyclic) bond motifs is 1. The summed E-state index contributed by atoms with van der Waals surface area (Å²) in [5, 5.41) is 3.88. The van der Waals surface area contributed by atoms with Crippen LogP contribution in [0.4, 0.5) is 0 Å². The fourth-order valence-electron chi connectivity index (χ4n) is 5.87. The van der Waals surface area contributed by atoms with Gasteiger partial charge in [0.15, 0.2) is 0 Å². The van der Waals surface area contributed by atoms with E-state index in [1.165, 1.54) is 6.08 Å². The molecule has 1 aliphatic heterocycles. The molecule has 3 aromatic rings. The molecule has 1 unspecified atom stereocenters. The second-order valence-electron chi connectivity index (χ2n) is 13.0. The van der Waals surface area contributed by atoms with Crippen molar-refractivity contribution in [3.05, 3.63) is 96.1 Å². The highest BCUT2D eigenvalue weighted by Gasteiger charge is 2.44. The Labute approximate surface area is 261 Å². The molecule has 1 saturated heterocycles. The number of nitrogens with one attached hydrogen (secondary N) is 1. The lowest BCUT2D eigenvalue weighted by Crippen LogP contribution is -2.56. The lowest BCUT2D eigenvalue weighted by molar-refractivity contribution is -0.147. The molecule has 0 aromatic heterocycles. The molecule has 0 aliphatic carbocycles. The Balaban J connectivity index is 1.57. The van der Waals surface area contributed by atoms with Gasteiger partial charge in [-0.2, -0.15) is 0 Å². The molecule has 234 valence electrons. The van der Waals surface area contributed by atoms with Crippen LogP contribution in [0.1, 0.15) is 44.2 Å². The largest absolute Gasteiger partial charge is 0.341 e. The Hall–Kier alpha value is -4.01. The van der Waals surface area contributed by atoms with Gasteiger partial charge in [-0.05, 0) is 67.5 Å². The summed E-state index contributed by atoms with van der Waals surface area (Å²) in [4.78, 5) is 44.5. The van der Waals surface area contributed by atoms with E-state index in [4.69, 9.17) is 5.73 Å². The van der Waals surface area contributed by atoms with Crippen LogP contribution in [0.15, 0.2) is 84.9 Å². The standard InChI is InChI=1S/C36H47N5O3/c1-35(2,37)19-11-16-32(42)40(5)31(25-28-17-18-29-14-9-10-15-30(29)24-28)33(43)41-22-20-36(21-23-41,34(44)38-39(3)4)26-27-12-7-6-8-13-27/h6-18,24,31H,19-23,25-26,37H2,1-5H3,(H,38,44)/b16-11+. The Morgan fingerprint density at radius 3 is 2.20 bits per heavy atom. The van der Waals surface area contributed by atoms with Crippen molar-refractivity contribution in [3.8, 4) is 0 Å². The highest BCUT2D eigenvalue weighted by Crippen LogP contribution is 2.36. The number of likely N-dealkylation sites (N-methyl/N-ethyl adjacent to an activating group) is 1. The number of benzene rings is 3. The van der Waals surface area contributed by atoms with Gasteiger partial charge in [0.1, 0.15) is 6.04 Å². The molecule has 44 heavy (non-hydrogen) atoms. The first-order chi connectivity index (χ1) is 20.9. The van der Waals surface area contributed by atoms with Gasteiger partial charge in [0.05, 0.1) is 5.41 Å². The van der Waals surface area contributed by atoms with E-state index >= 15 is 0 Å². The highest BCUT2D eigenvalue weighted by molar-refractivity contribution is 5.93. The smallest absolute Gasteiger partial charge is 0.246 e. The molecular formula is C36H47N5O3. The van der Waals surface area contributed by atoms with Gasteiger partial charge in [-0.1, -0.05) is 78.9 Å². The minimum Gasteiger partial charge on any atom is -0.341 e. The molecule has 3 N–H and O–H groups in total. The van der Waals surface area contributed by atoms with Crippen LogP contribution in [0.2, 0.25) is 0 Å². The fraction of sp³-hybridized carbons (Fsp3) is 0.417. The van der Waals surface area contributed by atoms with E-state index in [1.807, 2.05) is 67.3 Å². The molecule has 1 atom stereocenters. The van der Waals surface area contributed by atoms with Crippen molar-refractivity contribution in [2.75, 3.05) is 34.2 Å². The molecule has 1 heterocycles. The number of carbonyl (C=O) groups is 3. The van der Waals surface area contributed by atoms with Crippen LogP contribution in [0.5, 0.6) is 0 Å². The van der Waals surface area contributed by atoms with Crippen LogP contribution < -0.4 is 11.2 Å². The molecule has 1 aliphatic rings. The van der Waals surface area contributed by atoms with Crippen molar-refractivity contribution >= 4 is 28.5 Å². The maximum Gasteiger partial charge on any atom is 0.246 e. The van der Waals surface area contributed by atoms with Crippen molar-refractivity contribution in [2.45, 2.75) is 57.5 Å². The number of hydrazine groups is 1. The van der Waals surface area contributed by atoms with Crippen LogP contribution in [0.3, 0.4) is 0 Å². The van der Waals surface area contributed by atoms with E-state index in [1.54, 1.807) is 37.1 Å².